The molecule has 0 heterocycles. The SMILES string of the molecule is Nc1ccc([C@@H](N)C(F)(F)F)cc1F. The Balaban J connectivity index is 3.03. The van der Waals surface area contributed by atoms with Crippen molar-refractivity contribution >= 4 is 5.69 Å². The van der Waals surface area contributed by atoms with Gasteiger partial charge in [-0.1, -0.05) is 6.07 Å². The van der Waals surface area contributed by atoms with Crippen LogP contribution < -0.4 is 11.5 Å². The minimum Gasteiger partial charge on any atom is -0.396 e. The molecule has 1 aromatic carbocycles. The number of benzene rings is 1. The van der Waals surface area contributed by atoms with Gasteiger partial charge in [0.2, 0.25) is 0 Å². The van der Waals surface area contributed by atoms with Crippen molar-refractivity contribution in [1.82, 2.24) is 0 Å². The zero-order valence-corrected chi connectivity index (χ0v) is 6.98. The van der Waals surface area contributed by atoms with Crippen LogP contribution in [-0.2, 0) is 0 Å². The lowest BCUT2D eigenvalue weighted by molar-refractivity contribution is -0.149. The molecule has 0 fully saturated rings. The summed E-state index contributed by atoms with van der Waals surface area (Å²) in [6.45, 7) is 0. The van der Waals surface area contributed by atoms with Crippen LogP contribution in [0.25, 0.3) is 0 Å². The highest BCUT2D eigenvalue weighted by Crippen LogP contribution is 2.31. The van der Waals surface area contributed by atoms with E-state index in [0.717, 1.165) is 12.1 Å². The molecule has 0 bridgehead atoms. The molecule has 0 radical (unpaired) electrons. The molecule has 0 saturated heterocycles. The van der Waals surface area contributed by atoms with Crippen LogP contribution in [-0.4, -0.2) is 6.18 Å². The molecule has 0 unspecified atom stereocenters. The van der Waals surface area contributed by atoms with Crippen LogP contribution in [0.2, 0.25) is 0 Å². The number of anilines is 1. The van der Waals surface area contributed by atoms with E-state index in [-0.39, 0.29) is 11.3 Å². The molecular formula is C8H8F4N2. The predicted octanol–water partition coefficient (Wildman–Crippen LogP) is 1.97. The molecule has 0 aliphatic rings. The molecule has 0 aromatic heterocycles. The Labute approximate surface area is 77.5 Å². The summed E-state index contributed by atoms with van der Waals surface area (Å²) in [5.41, 5.74) is 9.41. The number of hydrogen-bond acceptors (Lipinski definition) is 2. The van der Waals surface area contributed by atoms with Gasteiger partial charge in [-0.25, -0.2) is 4.39 Å². The summed E-state index contributed by atoms with van der Waals surface area (Å²) in [5.74, 6) is -0.901. The summed E-state index contributed by atoms with van der Waals surface area (Å²) in [7, 11) is 0. The van der Waals surface area contributed by atoms with Gasteiger partial charge in [0, 0.05) is 0 Å². The first-order valence-electron chi connectivity index (χ1n) is 3.69. The highest BCUT2D eigenvalue weighted by Gasteiger charge is 2.37. The minimum absolute atomic E-state index is 0.205. The molecule has 6 heteroatoms. The van der Waals surface area contributed by atoms with Gasteiger partial charge < -0.3 is 11.5 Å². The lowest BCUT2D eigenvalue weighted by Crippen LogP contribution is -2.28. The topological polar surface area (TPSA) is 52.0 Å². The number of nitrogen functional groups attached to an aromatic ring is 1. The Morgan fingerprint density at radius 2 is 1.79 bits per heavy atom. The Morgan fingerprint density at radius 1 is 1.21 bits per heavy atom. The van der Waals surface area contributed by atoms with Crippen molar-refractivity contribution in [3.63, 3.8) is 0 Å². The zero-order valence-electron chi connectivity index (χ0n) is 6.98. The first-order valence-corrected chi connectivity index (χ1v) is 3.69. The second kappa shape index (κ2) is 3.45. The van der Waals surface area contributed by atoms with Crippen molar-refractivity contribution < 1.29 is 17.6 Å². The van der Waals surface area contributed by atoms with Crippen molar-refractivity contribution in [2.75, 3.05) is 5.73 Å². The van der Waals surface area contributed by atoms with Gasteiger partial charge in [-0.3, -0.25) is 0 Å². The molecule has 0 aliphatic heterocycles. The van der Waals surface area contributed by atoms with Crippen LogP contribution in [0.1, 0.15) is 11.6 Å². The molecule has 0 saturated carbocycles. The summed E-state index contributed by atoms with van der Waals surface area (Å²) in [6.07, 6.45) is -4.58. The number of hydrogen-bond donors (Lipinski definition) is 2. The van der Waals surface area contributed by atoms with E-state index < -0.39 is 18.0 Å². The van der Waals surface area contributed by atoms with Crippen LogP contribution in [0.15, 0.2) is 18.2 Å². The number of rotatable bonds is 1. The third-order valence-electron chi connectivity index (χ3n) is 1.74. The van der Waals surface area contributed by atoms with Gasteiger partial charge in [0.25, 0.3) is 0 Å². The molecule has 0 amide bonds. The molecule has 0 aliphatic carbocycles. The highest BCUT2D eigenvalue weighted by molar-refractivity contribution is 5.42. The smallest absolute Gasteiger partial charge is 0.396 e. The standard InChI is InChI=1S/C8H8F4N2/c9-5-3-4(1-2-6(5)13)7(14)8(10,11)12/h1-3,7H,13-14H2/t7-/m1/s1. The number of halogens is 4. The van der Waals surface area contributed by atoms with Crippen LogP contribution in [0.3, 0.4) is 0 Å². The molecule has 1 atom stereocenters. The van der Waals surface area contributed by atoms with E-state index in [1.165, 1.54) is 0 Å². The van der Waals surface area contributed by atoms with E-state index in [4.69, 9.17) is 11.5 Å². The maximum atomic E-state index is 12.8. The molecule has 1 aromatic rings. The fraction of sp³-hybridized carbons (Fsp3) is 0.250. The summed E-state index contributed by atoms with van der Waals surface area (Å²) < 4.78 is 49.0. The Morgan fingerprint density at radius 3 is 2.21 bits per heavy atom. The van der Waals surface area contributed by atoms with Gasteiger partial charge in [-0.2, -0.15) is 13.2 Å². The Hall–Kier alpha value is -1.30. The van der Waals surface area contributed by atoms with E-state index in [2.05, 4.69) is 0 Å². The number of nitrogens with two attached hydrogens (primary N) is 2. The van der Waals surface area contributed by atoms with Crippen molar-refractivity contribution in [1.29, 1.82) is 0 Å². The second-order valence-electron chi connectivity index (χ2n) is 2.80. The van der Waals surface area contributed by atoms with E-state index in [0.29, 0.717) is 6.07 Å². The Kier molecular flexibility index (Phi) is 2.66. The average molecular weight is 208 g/mol. The fourth-order valence-corrected chi connectivity index (χ4v) is 0.926. The van der Waals surface area contributed by atoms with Crippen molar-refractivity contribution in [2.24, 2.45) is 5.73 Å². The maximum Gasteiger partial charge on any atom is 0.407 e. The van der Waals surface area contributed by atoms with Crippen LogP contribution in [0.4, 0.5) is 23.2 Å². The van der Waals surface area contributed by atoms with Crippen LogP contribution in [0.5, 0.6) is 0 Å². The fourth-order valence-electron chi connectivity index (χ4n) is 0.926. The van der Waals surface area contributed by atoms with Crippen molar-refractivity contribution in [3.05, 3.63) is 29.6 Å². The molecule has 78 valence electrons. The summed E-state index contributed by atoms with van der Waals surface area (Å²) in [6, 6.07) is 0.609. The highest BCUT2D eigenvalue weighted by atomic mass is 19.4. The van der Waals surface area contributed by atoms with Crippen molar-refractivity contribution in [2.45, 2.75) is 12.2 Å². The molecule has 4 N–H and O–H groups in total. The minimum atomic E-state index is -4.58. The first-order chi connectivity index (χ1) is 6.32. The molecule has 2 nitrogen and oxygen atoms in total. The lowest BCUT2D eigenvalue weighted by Gasteiger charge is -2.15. The monoisotopic (exact) mass is 208 g/mol. The summed E-state index contributed by atoms with van der Waals surface area (Å²) in [4.78, 5) is 0. The van der Waals surface area contributed by atoms with Crippen LogP contribution in [0, 0.1) is 5.82 Å². The van der Waals surface area contributed by atoms with Gasteiger partial charge in [-0.05, 0) is 17.7 Å². The normalized spacial score (nSPS) is 14.1. The van der Waals surface area contributed by atoms with Gasteiger partial charge in [0.05, 0.1) is 5.69 Å². The first kappa shape index (κ1) is 10.8. The van der Waals surface area contributed by atoms with Crippen molar-refractivity contribution in [3.8, 4) is 0 Å². The molecule has 1 rings (SSSR count). The molecule has 14 heavy (non-hydrogen) atoms. The maximum absolute atomic E-state index is 12.8. The summed E-state index contributed by atoms with van der Waals surface area (Å²) >= 11 is 0. The average Bonchev–Trinajstić information content (AvgIpc) is 2.07. The Bertz CT molecular complexity index is 335. The largest absolute Gasteiger partial charge is 0.407 e. The third-order valence-corrected chi connectivity index (χ3v) is 1.74. The molecule has 0 spiro atoms. The summed E-state index contributed by atoms with van der Waals surface area (Å²) in [5, 5.41) is 0. The molecular weight excluding hydrogens is 200 g/mol. The zero-order chi connectivity index (χ0) is 10.9. The van der Waals surface area contributed by atoms with Gasteiger partial charge >= 0.3 is 6.18 Å². The van der Waals surface area contributed by atoms with E-state index in [9.17, 15) is 17.6 Å². The van der Waals surface area contributed by atoms with Gasteiger partial charge in [0.15, 0.2) is 0 Å². The lowest BCUT2D eigenvalue weighted by atomic mass is 10.1. The van der Waals surface area contributed by atoms with E-state index in [1.54, 1.807) is 0 Å². The van der Waals surface area contributed by atoms with E-state index >= 15 is 0 Å². The predicted molar refractivity (Wildman–Crippen MR) is 43.8 cm³/mol. The van der Waals surface area contributed by atoms with E-state index in [1.807, 2.05) is 0 Å². The van der Waals surface area contributed by atoms with Gasteiger partial charge in [0.1, 0.15) is 11.9 Å². The van der Waals surface area contributed by atoms with Gasteiger partial charge in [-0.15, -0.1) is 0 Å². The second-order valence-corrected chi connectivity index (χ2v) is 2.80. The van der Waals surface area contributed by atoms with Crippen LogP contribution >= 0.6 is 0 Å². The quantitative estimate of drug-likeness (QED) is 0.547. The third kappa shape index (κ3) is 2.14. The number of alkyl halides is 3.